The van der Waals surface area contributed by atoms with Crippen LogP contribution in [-0.4, -0.2) is 9.97 Å². The highest BCUT2D eigenvalue weighted by atomic mass is 16.3. The molecule has 0 saturated heterocycles. The monoisotopic (exact) mass is 650 g/mol. The summed E-state index contributed by atoms with van der Waals surface area (Å²) in [7, 11) is 0. The average Bonchev–Trinajstić information content (AvgIpc) is 3.59. The topological polar surface area (TPSA) is 38.9 Å². The molecule has 3 nitrogen and oxygen atoms in total. The summed E-state index contributed by atoms with van der Waals surface area (Å²) in [4.78, 5) is 10.4. The molecule has 0 amide bonds. The quantitative estimate of drug-likeness (QED) is 0.174. The summed E-state index contributed by atoms with van der Waals surface area (Å²) in [5.74, 6) is 0.662. The molecule has 2 heterocycles. The van der Waals surface area contributed by atoms with E-state index < -0.39 is 0 Å². The molecule has 51 heavy (non-hydrogen) atoms. The molecular weight excluding hydrogens is 621 g/mol. The first-order chi connectivity index (χ1) is 25.2. The van der Waals surface area contributed by atoms with Gasteiger partial charge in [-0.2, -0.15) is 0 Å². The molecule has 0 bridgehead atoms. The van der Waals surface area contributed by atoms with Gasteiger partial charge in [0.25, 0.3) is 0 Å². The van der Waals surface area contributed by atoms with Crippen molar-refractivity contribution < 1.29 is 4.42 Å². The largest absolute Gasteiger partial charge is 0.456 e. The van der Waals surface area contributed by atoms with E-state index in [2.05, 4.69) is 146 Å². The lowest BCUT2D eigenvalue weighted by Gasteiger charge is -2.11. The predicted molar refractivity (Wildman–Crippen MR) is 212 cm³/mol. The van der Waals surface area contributed by atoms with E-state index in [0.29, 0.717) is 5.82 Å². The number of aromatic nitrogens is 2. The van der Waals surface area contributed by atoms with Gasteiger partial charge in [0.05, 0.1) is 11.4 Å². The van der Waals surface area contributed by atoms with Crippen molar-refractivity contribution in [1.82, 2.24) is 9.97 Å². The second kappa shape index (κ2) is 11.9. The Kier molecular flexibility index (Phi) is 6.81. The van der Waals surface area contributed by atoms with Crippen LogP contribution in [0.3, 0.4) is 0 Å². The average molecular weight is 651 g/mol. The first-order valence-corrected chi connectivity index (χ1v) is 17.2. The van der Waals surface area contributed by atoms with Gasteiger partial charge in [0.15, 0.2) is 5.82 Å². The van der Waals surface area contributed by atoms with Crippen molar-refractivity contribution in [3.05, 3.63) is 182 Å². The Labute approximate surface area is 295 Å². The van der Waals surface area contributed by atoms with E-state index in [1.54, 1.807) is 0 Å². The first kappa shape index (κ1) is 29.1. The Morgan fingerprint density at radius 3 is 1.73 bits per heavy atom. The maximum atomic E-state index is 6.45. The van der Waals surface area contributed by atoms with Crippen molar-refractivity contribution in [2.45, 2.75) is 0 Å². The standard InChI is InChI=1S/C48H30N2O/c1-3-10-31(11-4-1)32-18-21-35(22-19-32)44-30-43(34-13-5-2-6-14-34)49-48(50-44)41-16-9-17-46-47(41)42-29-37(25-27-45(42)51-46)36-24-26-40-38(28-36)23-20-33-12-7-8-15-39(33)40/h1-30H. The molecule has 0 N–H and O–H groups in total. The third kappa shape index (κ3) is 5.15. The van der Waals surface area contributed by atoms with E-state index in [9.17, 15) is 0 Å². The van der Waals surface area contributed by atoms with E-state index in [-0.39, 0.29) is 0 Å². The molecule has 0 aliphatic rings. The summed E-state index contributed by atoms with van der Waals surface area (Å²) in [6, 6.07) is 63.9. The molecule has 0 fully saturated rings. The lowest BCUT2D eigenvalue weighted by molar-refractivity contribution is 0.669. The molecule has 238 valence electrons. The minimum Gasteiger partial charge on any atom is -0.456 e. The van der Waals surface area contributed by atoms with Crippen LogP contribution >= 0.6 is 0 Å². The molecule has 3 heteroatoms. The highest BCUT2D eigenvalue weighted by Crippen LogP contribution is 2.39. The van der Waals surface area contributed by atoms with Gasteiger partial charge < -0.3 is 4.42 Å². The van der Waals surface area contributed by atoms with Crippen LogP contribution in [0.2, 0.25) is 0 Å². The smallest absolute Gasteiger partial charge is 0.161 e. The van der Waals surface area contributed by atoms with Crippen LogP contribution in [0.25, 0.3) is 99.6 Å². The Balaban J connectivity index is 1.13. The van der Waals surface area contributed by atoms with Gasteiger partial charge in [-0.25, -0.2) is 9.97 Å². The number of fused-ring (bicyclic) bond motifs is 6. The lowest BCUT2D eigenvalue weighted by Crippen LogP contribution is -1.96. The number of hydrogen-bond acceptors (Lipinski definition) is 3. The van der Waals surface area contributed by atoms with E-state index in [0.717, 1.165) is 61.1 Å². The van der Waals surface area contributed by atoms with Gasteiger partial charge in [-0.15, -0.1) is 0 Å². The SMILES string of the molecule is c1ccc(-c2ccc(-c3cc(-c4ccccc4)nc(-c4cccc5oc6ccc(-c7ccc8c(ccc9ccccc98)c7)cc6c45)n3)cc2)cc1. The zero-order valence-electron chi connectivity index (χ0n) is 27.6. The van der Waals surface area contributed by atoms with Gasteiger partial charge in [0, 0.05) is 27.5 Å². The number of furan rings is 1. The van der Waals surface area contributed by atoms with Crippen LogP contribution < -0.4 is 0 Å². The number of rotatable bonds is 5. The Morgan fingerprint density at radius 1 is 0.333 bits per heavy atom. The van der Waals surface area contributed by atoms with Crippen LogP contribution in [0, 0.1) is 0 Å². The maximum Gasteiger partial charge on any atom is 0.161 e. The van der Waals surface area contributed by atoms with Gasteiger partial charge in [0.2, 0.25) is 0 Å². The van der Waals surface area contributed by atoms with Crippen molar-refractivity contribution in [2.75, 3.05) is 0 Å². The second-order valence-electron chi connectivity index (χ2n) is 13.0. The van der Waals surface area contributed by atoms with Gasteiger partial charge in [0.1, 0.15) is 11.2 Å². The first-order valence-electron chi connectivity index (χ1n) is 17.2. The number of benzene rings is 8. The van der Waals surface area contributed by atoms with Gasteiger partial charge in [-0.05, 0) is 74.1 Å². The van der Waals surface area contributed by atoms with E-state index in [1.165, 1.54) is 32.7 Å². The van der Waals surface area contributed by atoms with Crippen LogP contribution in [0.1, 0.15) is 0 Å². The summed E-state index contributed by atoms with van der Waals surface area (Å²) < 4.78 is 6.45. The second-order valence-corrected chi connectivity index (χ2v) is 13.0. The van der Waals surface area contributed by atoms with Gasteiger partial charge in [-0.3, -0.25) is 0 Å². The van der Waals surface area contributed by atoms with Crippen molar-refractivity contribution in [1.29, 1.82) is 0 Å². The summed E-state index contributed by atoms with van der Waals surface area (Å²) in [5.41, 5.74) is 11.1. The number of hydrogen-bond donors (Lipinski definition) is 0. The zero-order valence-corrected chi connectivity index (χ0v) is 27.6. The molecule has 0 saturated carbocycles. The zero-order chi connectivity index (χ0) is 33.7. The molecule has 0 aliphatic heterocycles. The Hall–Kier alpha value is -6.84. The Bertz CT molecular complexity index is 2890. The van der Waals surface area contributed by atoms with Crippen LogP contribution in [0.15, 0.2) is 186 Å². The fourth-order valence-corrected chi connectivity index (χ4v) is 7.32. The van der Waals surface area contributed by atoms with Crippen molar-refractivity contribution in [3.8, 4) is 56.2 Å². The summed E-state index contributed by atoms with van der Waals surface area (Å²) in [6.45, 7) is 0. The van der Waals surface area contributed by atoms with Crippen molar-refractivity contribution in [3.63, 3.8) is 0 Å². The number of nitrogens with zero attached hydrogens (tertiary/aromatic N) is 2. The fourth-order valence-electron chi connectivity index (χ4n) is 7.32. The molecular formula is C48H30N2O. The minimum absolute atomic E-state index is 0.662. The van der Waals surface area contributed by atoms with Crippen LogP contribution in [0.4, 0.5) is 0 Å². The van der Waals surface area contributed by atoms with Gasteiger partial charge >= 0.3 is 0 Å². The molecule has 0 aliphatic carbocycles. The van der Waals surface area contributed by atoms with Crippen molar-refractivity contribution >= 4 is 43.5 Å². The third-order valence-electron chi connectivity index (χ3n) is 9.90. The molecule has 2 aromatic heterocycles. The normalized spacial score (nSPS) is 11.5. The summed E-state index contributed by atoms with van der Waals surface area (Å²) >= 11 is 0. The van der Waals surface area contributed by atoms with E-state index >= 15 is 0 Å². The highest BCUT2D eigenvalue weighted by molar-refractivity contribution is 6.13. The highest BCUT2D eigenvalue weighted by Gasteiger charge is 2.18. The molecule has 0 spiro atoms. The van der Waals surface area contributed by atoms with E-state index in [4.69, 9.17) is 14.4 Å². The van der Waals surface area contributed by atoms with Crippen molar-refractivity contribution in [2.24, 2.45) is 0 Å². The van der Waals surface area contributed by atoms with Gasteiger partial charge in [-0.1, -0.05) is 152 Å². The van der Waals surface area contributed by atoms with E-state index in [1.807, 2.05) is 36.4 Å². The molecule has 0 atom stereocenters. The lowest BCUT2D eigenvalue weighted by atomic mass is 9.96. The minimum atomic E-state index is 0.662. The molecule has 10 aromatic rings. The Morgan fingerprint density at radius 2 is 0.922 bits per heavy atom. The molecule has 10 rings (SSSR count). The third-order valence-corrected chi connectivity index (χ3v) is 9.90. The summed E-state index contributed by atoms with van der Waals surface area (Å²) in [6.07, 6.45) is 0. The predicted octanol–water partition coefficient (Wildman–Crippen LogP) is 13.0. The molecule has 0 unspecified atom stereocenters. The molecule has 8 aromatic carbocycles. The summed E-state index contributed by atoms with van der Waals surface area (Å²) in [5, 5.41) is 7.06. The van der Waals surface area contributed by atoms with Crippen LogP contribution in [0.5, 0.6) is 0 Å². The fraction of sp³-hybridized carbons (Fsp3) is 0. The van der Waals surface area contributed by atoms with Crippen LogP contribution in [-0.2, 0) is 0 Å². The molecule has 0 radical (unpaired) electrons. The maximum absolute atomic E-state index is 6.45.